The minimum atomic E-state index is -0.167. The first-order valence-corrected chi connectivity index (χ1v) is 5.51. The van der Waals surface area contributed by atoms with Gasteiger partial charge >= 0.3 is 0 Å². The molecule has 0 aromatic carbocycles. The largest absolute Gasteiger partial charge is 0.397 e. The number of hydrogen-bond donors (Lipinski definition) is 5. The molecule has 0 aromatic heterocycles. The van der Waals surface area contributed by atoms with Crippen LogP contribution >= 0.6 is 0 Å². The summed E-state index contributed by atoms with van der Waals surface area (Å²) in [5, 5.41) is 38.3. The van der Waals surface area contributed by atoms with E-state index in [-0.39, 0.29) is 32.5 Å². The van der Waals surface area contributed by atoms with Crippen LogP contribution in [0.4, 0.5) is 0 Å². The maximum Gasteiger partial charge on any atom is 0.0483 e. The molecule has 0 amide bonds. The summed E-state index contributed by atoms with van der Waals surface area (Å²) in [6.45, 7) is 11.2. The Morgan fingerprint density at radius 2 is 0.625 bits per heavy atom. The summed E-state index contributed by atoms with van der Waals surface area (Å²) in [6.07, 6.45) is -0.167. The van der Waals surface area contributed by atoms with Crippen molar-refractivity contribution in [3.63, 3.8) is 0 Å². The van der Waals surface area contributed by atoms with Crippen LogP contribution in [0.1, 0.15) is 41.5 Å². The van der Waals surface area contributed by atoms with Gasteiger partial charge in [-0.05, 0) is 41.5 Å². The summed E-state index contributed by atoms with van der Waals surface area (Å²) in [5.74, 6) is 0. The van der Waals surface area contributed by atoms with Gasteiger partial charge in [-0.3, -0.25) is 0 Å². The van der Waals surface area contributed by atoms with Gasteiger partial charge in [-0.1, -0.05) is 0 Å². The predicted molar refractivity (Wildman–Crippen MR) is 68.4 cm³/mol. The van der Waals surface area contributed by atoms with Crippen molar-refractivity contribution in [2.75, 3.05) is 26.4 Å². The third-order valence-corrected chi connectivity index (χ3v) is 0. The molecule has 0 fully saturated rings. The predicted octanol–water partition coefficient (Wildman–Crippen LogP) is 0.381. The van der Waals surface area contributed by atoms with Gasteiger partial charge in [0.05, 0.1) is 0 Å². The average Bonchev–Trinajstić information content (AvgIpc) is 2.06. The number of aliphatic hydroxyl groups is 5. The van der Waals surface area contributed by atoms with Gasteiger partial charge in [0.15, 0.2) is 0 Å². The van der Waals surface area contributed by atoms with Crippen molar-refractivity contribution in [3.05, 3.63) is 0 Å². The van der Waals surface area contributed by atoms with Crippen molar-refractivity contribution in [3.8, 4) is 0 Å². The molecule has 0 rings (SSSR count). The SMILES string of the molecule is CC(C)O.CCO.CCO.CCO.CCO. The Hall–Kier alpha value is -0.200. The molecular weight excluding hydrogens is 212 g/mol. The molecule has 0 aliphatic carbocycles. The Kier molecular flexibility index (Phi) is 113. The Balaban J connectivity index is -0.0000000317. The first-order valence-electron chi connectivity index (χ1n) is 5.51. The average molecular weight is 244 g/mol. The van der Waals surface area contributed by atoms with E-state index in [9.17, 15) is 0 Å². The van der Waals surface area contributed by atoms with E-state index < -0.39 is 0 Å². The van der Waals surface area contributed by atoms with E-state index in [2.05, 4.69) is 0 Å². The molecule has 5 heteroatoms. The Morgan fingerprint density at radius 1 is 0.625 bits per heavy atom. The van der Waals surface area contributed by atoms with Gasteiger partial charge in [0.25, 0.3) is 0 Å². The Bertz CT molecular complexity index is 40.9. The fourth-order valence-corrected chi connectivity index (χ4v) is 0. The first kappa shape index (κ1) is 29.7. The zero-order chi connectivity index (χ0) is 14.4. The fraction of sp³-hybridized carbons (Fsp3) is 1.00. The standard InChI is InChI=1S/C3H8O.4C2H6O/c1-3(2)4;4*1-2-3/h3-4H,1-2H3;4*3H,2H2,1H3. The van der Waals surface area contributed by atoms with E-state index in [1.54, 1.807) is 41.5 Å². The van der Waals surface area contributed by atoms with Crippen LogP contribution < -0.4 is 0 Å². The molecule has 0 aliphatic rings. The maximum atomic E-state index is 8.06. The van der Waals surface area contributed by atoms with Gasteiger partial charge in [-0.15, -0.1) is 0 Å². The summed E-state index contributed by atoms with van der Waals surface area (Å²) < 4.78 is 0. The van der Waals surface area contributed by atoms with Crippen LogP contribution in [0.2, 0.25) is 0 Å². The monoisotopic (exact) mass is 244 g/mol. The molecule has 106 valence electrons. The van der Waals surface area contributed by atoms with Crippen molar-refractivity contribution in [2.24, 2.45) is 0 Å². The van der Waals surface area contributed by atoms with Crippen molar-refractivity contribution < 1.29 is 25.5 Å². The minimum absolute atomic E-state index is 0.167. The van der Waals surface area contributed by atoms with Gasteiger partial charge in [0.2, 0.25) is 0 Å². The van der Waals surface area contributed by atoms with Crippen LogP contribution in [0.5, 0.6) is 0 Å². The highest BCUT2D eigenvalue weighted by Crippen LogP contribution is 1.65. The smallest absolute Gasteiger partial charge is 0.0483 e. The number of hydrogen-bond acceptors (Lipinski definition) is 5. The molecule has 0 radical (unpaired) electrons. The van der Waals surface area contributed by atoms with Gasteiger partial charge in [0.1, 0.15) is 0 Å². The van der Waals surface area contributed by atoms with Crippen LogP contribution in [-0.4, -0.2) is 58.1 Å². The second kappa shape index (κ2) is 61.0. The molecule has 0 atom stereocenters. The molecule has 0 spiro atoms. The molecule has 0 aromatic rings. The quantitative estimate of drug-likeness (QED) is 0.424. The lowest BCUT2D eigenvalue weighted by molar-refractivity contribution is 0.216. The van der Waals surface area contributed by atoms with Crippen molar-refractivity contribution >= 4 is 0 Å². The normalized spacial score (nSPS) is 6.75. The Morgan fingerprint density at radius 3 is 0.625 bits per heavy atom. The topological polar surface area (TPSA) is 101 Å². The molecule has 5 N–H and O–H groups in total. The fourth-order valence-electron chi connectivity index (χ4n) is 0. The van der Waals surface area contributed by atoms with Gasteiger partial charge in [-0.2, -0.15) is 0 Å². The van der Waals surface area contributed by atoms with E-state index in [4.69, 9.17) is 25.5 Å². The maximum absolute atomic E-state index is 8.06. The minimum Gasteiger partial charge on any atom is -0.397 e. The third-order valence-electron chi connectivity index (χ3n) is 0. The highest BCUT2D eigenvalue weighted by atomic mass is 16.3. The summed E-state index contributed by atoms with van der Waals surface area (Å²) >= 11 is 0. The molecule has 16 heavy (non-hydrogen) atoms. The molecule has 0 aliphatic heterocycles. The van der Waals surface area contributed by atoms with Crippen molar-refractivity contribution in [1.82, 2.24) is 0 Å². The van der Waals surface area contributed by atoms with Gasteiger partial charge in [-0.25, -0.2) is 0 Å². The summed E-state index contributed by atoms with van der Waals surface area (Å²) in [5.41, 5.74) is 0. The van der Waals surface area contributed by atoms with E-state index in [0.717, 1.165) is 0 Å². The zero-order valence-electron chi connectivity index (χ0n) is 11.6. The molecule has 0 unspecified atom stereocenters. The lowest BCUT2D eigenvalue weighted by Gasteiger charge is -1.80. The van der Waals surface area contributed by atoms with E-state index in [1.165, 1.54) is 0 Å². The third kappa shape index (κ3) is 56500. The lowest BCUT2D eigenvalue weighted by Crippen LogP contribution is -1.85. The summed E-state index contributed by atoms with van der Waals surface area (Å²) in [6, 6.07) is 0. The van der Waals surface area contributed by atoms with E-state index in [0.29, 0.717) is 0 Å². The zero-order valence-corrected chi connectivity index (χ0v) is 11.6. The molecule has 0 saturated carbocycles. The van der Waals surface area contributed by atoms with Crippen LogP contribution in [0.15, 0.2) is 0 Å². The molecular formula is C11H32O5. The number of aliphatic hydroxyl groups excluding tert-OH is 5. The van der Waals surface area contributed by atoms with Crippen LogP contribution in [0.3, 0.4) is 0 Å². The highest BCUT2D eigenvalue weighted by Gasteiger charge is 1.69. The molecule has 0 bridgehead atoms. The van der Waals surface area contributed by atoms with Crippen molar-refractivity contribution in [1.29, 1.82) is 0 Å². The summed E-state index contributed by atoms with van der Waals surface area (Å²) in [4.78, 5) is 0. The van der Waals surface area contributed by atoms with E-state index >= 15 is 0 Å². The second-order valence-electron chi connectivity index (χ2n) is 2.36. The number of rotatable bonds is 0. The van der Waals surface area contributed by atoms with Crippen molar-refractivity contribution in [2.45, 2.75) is 47.6 Å². The first-order chi connectivity index (χ1) is 7.39. The van der Waals surface area contributed by atoms with Crippen LogP contribution in [0.25, 0.3) is 0 Å². The molecule has 5 nitrogen and oxygen atoms in total. The van der Waals surface area contributed by atoms with Gasteiger partial charge in [0, 0.05) is 32.5 Å². The molecule has 0 saturated heterocycles. The van der Waals surface area contributed by atoms with E-state index in [1.807, 2.05) is 0 Å². The summed E-state index contributed by atoms with van der Waals surface area (Å²) in [7, 11) is 0. The second-order valence-corrected chi connectivity index (χ2v) is 2.36. The molecule has 0 heterocycles. The van der Waals surface area contributed by atoms with Crippen LogP contribution in [-0.2, 0) is 0 Å². The lowest BCUT2D eigenvalue weighted by atomic mass is 10.5. The van der Waals surface area contributed by atoms with Gasteiger partial charge < -0.3 is 25.5 Å². The van der Waals surface area contributed by atoms with Crippen LogP contribution in [0, 0.1) is 0 Å². The Labute approximate surface area is 100 Å². The highest BCUT2D eigenvalue weighted by molar-refractivity contribution is 4.20.